The Morgan fingerprint density at radius 1 is 1.04 bits per heavy atom. The zero-order chi connectivity index (χ0) is 16.9. The van der Waals surface area contributed by atoms with Gasteiger partial charge in [0.2, 0.25) is 0 Å². The first-order chi connectivity index (χ1) is 11.6. The van der Waals surface area contributed by atoms with Crippen molar-refractivity contribution in [3.05, 3.63) is 66.0 Å². The van der Waals surface area contributed by atoms with E-state index in [0.29, 0.717) is 5.69 Å². The molecule has 1 fully saturated rings. The van der Waals surface area contributed by atoms with Crippen LogP contribution in [-0.2, 0) is 5.60 Å². The molecule has 4 heteroatoms. The van der Waals surface area contributed by atoms with Crippen molar-refractivity contribution in [2.24, 2.45) is 0 Å². The lowest BCUT2D eigenvalue weighted by Crippen LogP contribution is -3.00. The van der Waals surface area contributed by atoms with Gasteiger partial charge in [0.1, 0.15) is 6.54 Å². The number of aliphatic hydroxyl groups is 1. The summed E-state index contributed by atoms with van der Waals surface area (Å²) in [6.45, 7) is 3.10. The molecule has 3 rings (SSSR count). The normalized spacial score (nSPS) is 18.2. The number of rotatable bonds is 3. The van der Waals surface area contributed by atoms with E-state index < -0.39 is 5.60 Å². The van der Waals surface area contributed by atoms with E-state index in [9.17, 15) is 5.11 Å². The van der Waals surface area contributed by atoms with Crippen molar-refractivity contribution in [2.75, 3.05) is 26.7 Å². The fourth-order valence-electron chi connectivity index (χ4n) is 3.33. The number of likely N-dealkylation sites (tertiary alicyclic amines) is 1. The summed E-state index contributed by atoms with van der Waals surface area (Å²) in [5.41, 5.74) is -0.0280. The highest BCUT2D eigenvalue weighted by atomic mass is 79.9. The molecule has 1 aliphatic rings. The summed E-state index contributed by atoms with van der Waals surface area (Å²) in [7, 11) is 2.26. The maximum absolute atomic E-state index is 11.3. The average Bonchev–Trinajstić information content (AvgIpc) is 2.63. The quantitative estimate of drug-likeness (QED) is 0.578. The van der Waals surface area contributed by atoms with Gasteiger partial charge in [0, 0.05) is 11.8 Å². The fourth-order valence-corrected chi connectivity index (χ4v) is 3.33. The van der Waals surface area contributed by atoms with Crippen LogP contribution in [0.25, 0.3) is 0 Å². The molecule has 1 saturated heterocycles. The Morgan fingerprint density at radius 2 is 1.72 bits per heavy atom. The van der Waals surface area contributed by atoms with Gasteiger partial charge in [-0.2, -0.15) is 0 Å². The summed E-state index contributed by atoms with van der Waals surface area (Å²) < 4.78 is 0.972. The van der Waals surface area contributed by atoms with Crippen LogP contribution in [-0.4, -0.2) is 41.3 Å². The van der Waals surface area contributed by atoms with Crippen LogP contribution in [0.2, 0.25) is 0 Å². The van der Waals surface area contributed by atoms with Crippen molar-refractivity contribution in [1.29, 1.82) is 0 Å². The van der Waals surface area contributed by atoms with Gasteiger partial charge in [-0.15, -0.1) is 0 Å². The third kappa shape index (κ3) is 4.70. The van der Waals surface area contributed by atoms with Crippen molar-refractivity contribution in [2.45, 2.75) is 24.9 Å². The Labute approximate surface area is 161 Å². The second-order valence-corrected chi connectivity index (χ2v) is 6.88. The number of hydrogen-bond donors (Lipinski definition) is 1. The summed E-state index contributed by atoms with van der Waals surface area (Å²) in [4.78, 5) is 4.35. The van der Waals surface area contributed by atoms with Gasteiger partial charge in [-0.05, 0) is 37.3 Å². The van der Waals surface area contributed by atoms with Crippen LogP contribution in [0.1, 0.15) is 30.5 Å². The van der Waals surface area contributed by atoms with Gasteiger partial charge in [0.25, 0.3) is 0 Å². The first kappa shape index (κ1) is 19.7. The van der Waals surface area contributed by atoms with Gasteiger partial charge in [-0.25, -0.2) is 0 Å². The highest BCUT2D eigenvalue weighted by Crippen LogP contribution is 2.27. The number of quaternary nitrogens is 1. The highest BCUT2D eigenvalue weighted by Gasteiger charge is 2.31. The topological polar surface area (TPSA) is 33.1 Å². The number of halogens is 1. The Hall–Kier alpha value is -1.67. The van der Waals surface area contributed by atoms with E-state index in [1.807, 2.05) is 48.5 Å². The summed E-state index contributed by atoms with van der Waals surface area (Å²) in [6, 6.07) is 15.2. The number of hydrogen-bond acceptors (Lipinski definition) is 2. The van der Waals surface area contributed by atoms with Gasteiger partial charge >= 0.3 is 0 Å². The standard InChI is InChI=1S/C21H25N2O.BrH/c1-23(16-8-3-9-17-23)18-10-14-21(24,19-11-4-2-5-12-19)20-13-6-7-15-22-20;/h2,4-7,11-13,15,24H,3,8-9,16-18H2,1H3;1H/q+1;/p-1. The molecule has 132 valence electrons. The SMILES string of the molecule is C[N+]1(CC#CC(O)(c2ccccc2)c2ccccn2)CCCCC1.[Br-]. The second kappa shape index (κ2) is 8.62. The molecule has 25 heavy (non-hydrogen) atoms. The molecular weight excluding hydrogens is 376 g/mol. The lowest BCUT2D eigenvalue weighted by Gasteiger charge is -2.36. The Kier molecular flexibility index (Phi) is 6.78. The minimum Gasteiger partial charge on any atom is -1.00 e. The van der Waals surface area contributed by atoms with Crippen LogP contribution in [0.15, 0.2) is 54.7 Å². The van der Waals surface area contributed by atoms with E-state index >= 15 is 0 Å². The number of aromatic nitrogens is 1. The Morgan fingerprint density at radius 3 is 2.36 bits per heavy atom. The van der Waals surface area contributed by atoms with E-state index in [2.05, 4.69) is 23.9 Å². The zero-order valence-electron chi connectivity index (χ0n) is 14.7. The van der Waals surface area contributed by atoms with Gasteiger partial charge < -0.3 is 26.6 Å². The van der Waals surface area contributed by atoms with Crippen molar-refractivity contribution in [1.82, 2.24) is 4.98 Å². The van der Waals surface area contributed by atoms with Gasteiger partial charge in [-0.3, -0.25) is 4.98 Å². The first-order valence-electron chi connectivity index (χ1n) is 8.65. The van der Waals surface area contributed by atoms with E-state index in [1.165, 1.54) is 32.4 Å². The van der Waals surface area contributed by atoms with Crippen LogP contribution in [0.4, 0.5) is 0 Å². The summed E-state index contributed by atoms with van der Waals surface area (Å²) in [5, 5.41) is 11.3. The largest absolute Gasteiger partial charge is 1.00 e. The molecule has 1 unspecified atom stereocenters. The van der Waals surface area contributed by atoms with E-state index in [1.54, 1.807) is 6.20 Å². The molecule has 0 aliphatic carbocycles. The number of pyridine rings is 1. The van der Waals surface area contributed by atoms with E-state index in [-0.39, 0.29) is 17.0 Å². The molecule has 0 saturated carbocycles. The van der Waals surface area contributed by atoms with Crippen LogP contribution in [0.3, 0.4) is 0 Å². The number of benzene rings is 1. The van der Waals surface area contributed by atoms with E-state index in [0.717, 1.165) is 16.6 Å². The molecule has 0 radical (unpaired) electrons. The lowest BCUT2D eigenvalue weighted by molar-refractivity contribution is -0.907. The van der Waals surface area contributed by atoms with Crippen LogP contribution >= 0.6 is 0 Å². The predicted octanol–water partition coefficient (Wildman–Crippen LogP) is -0.0446. The molecule has 0 amide bonds. The number of piperidine rings is 1. The summed E-state index contributed by atoms with van der Waals surface area (Å²) in [6.07, 6.45) is 5.55. The first-order valence-corrected chi connectivity index (χ1v) is 8.65. The average molecular weight is 401 g/mol. The van der Waals surface area contributed by atoms with Gasteiger partial charge in [0.15, 0.2) is 5.60 Å². The van der Waals surface area contributed by atoms with E-state index in [4.69, 9.17) is 0 Å². The molecule has 0 spiro atoms. The summed E-state index contributed by atoms with van der Waals surface area (Å²) >= 11 is 0. The molecular formula is C21H25BrN2O. The van der Waals surface area contributed by atoms with Crippen molar-refractivity contribution in [3.63, 3.8) is 0 Å². The maximum Gasteiger partial charge on any atom is 0.194 e. The molecule has 3 nitrogen and oxygen atoms in total. The minimum atomic E-state index is -1.36. The van der Waals surface area contributed by atoms with Crippen molar-refractivity contribution >= 4 is 0 Å². The smallest absolute Gasteiger partial charge is 0.194 e. The second-order valence-electron chi connectivity index (χ2n) is 6.88. The van der Waals surface area contributed by atoms with Crippen molar-refractivity contribution in [3.8, 4) is 11.8 Å². The monoisotopic (exact) mass is 400 g/mol. The Bertz CT molecular complexity index is 676. The molecule has 1 aromatic carbocycles. The fraction of sp³-hybridized carbons (Fsp3) is 0.381. The van der Waals surface area contributed by atoms with Crippen molar-refractivity contribution < 1.29 is 26.6 Å². The highest BCUT2D eigenvalue weighted by molar-refractivity contribution is 5.41. The molecule has 1 atom stereocenters. The van der Waals surface area contributed by atoms with Crippen LogP contribution in [0.5, 0.6) is 0 Å². The predicted molar refractivity (Wildman–Crippen MR) is 96.1 cm³/mol. The minimum absolute atomic E-state index is 0. The zero-order valence-corrected chi connectivity index (χ0v) is 16.2. The number of nitrogens with zero attached hydrogens (tertiary/aromatic N) is 2. The molecule has 2 aromatic rings. The van der Waals surface area contributed by atoms with Crippen LogP contribution in [0, 0.1) is 11.8 Å². The lowest BCUT2D eigenvalue weighted by atomic mass is 9.90. The van der Waals surface area contributed by atoms with Gasteiger partial charge in [0.05, 0.1) is 25.8 Å². The summed E-state index contributed by atoms with van der Waals surface area (Å²) in [5.74, 6) is 6.39. The molecule has 1 aromatic heterocycles. The molecule has 0 bridgehead atoms. The van der Waals surface area contributed by atoms with Crippen LogP contribution < -0.4 is 17.0 Å². The Balaban J connectivity index is 0.00000225. The van der Waals surface area contributed by atoms with Gasteiger partial charge in [-0.1, -0.05) is 42.3 Å². The third-order valence-electron chi connectivity index (χ3n) is 4.85. The third-order valence-corrected chi connectivity index (χ3v) is 4.85. The maximum atomic E-state index is 11.3. The molecule has 1 N–H and O–H groups in total. The molecule has 1 aliphatic heterocycles. The molecule has 2 heterocycles.